The maximum atomic E-state index is 12.9. The fraction of sp³-hybridized carbons (Fsp3) is 0.667. The van der Waals surface area contributed by atoms with Crippen LogP contribution in [0.15, 0.2) is 12.4 Å². The molecule has 0 bridgehead atoms. The maximum Gasteiger partial charge on any atom is 0.268 e. The van der Waals surface area contributed by atoms with Crippen LogP contribution >= 0.6 is 0 Å². The first-order valence-electron chi connectivity index (χ1n) is 9.36. The van der Waals surface area contributed by atoms with Crippen LogP contribution in [0, 0.1) is 17.8 Å². The lowest BCUT2D eigenvalue weighted by atomic mass is 9.98. The number of likely N-dealkylation sites (tertiary alicyclic amines) is 1. The molecule has 2 saturated heterocycles. The predicted octanol–water partition coefficient (Wildman–Crippen LogP) is 0.651. The van der Waals surface area contributed by atoms with Gasteiger partial charge >= 0.3 is 0 Å². The molecule has 0 radical (unpaired) electrons. The first-order valence-corrected chi connectivity index (χ1v) is 9.36. The average Bonchev–Trinajstić information content (AvgIpc) is 3.43. The summed E-state index contributed by atoms with van der Waals surface area (Å²) in [5, 5.41) is 3.40. The molecule has 8 nitrogen and oxygen atoms in total. The Balaban J connectivity index is 1.45. The normalized spacial score (nSPS) is 26.7. The van der Waals surface area contributed by atoms with Gasteiger partial charge in [-0.05, 0) is 31.6 Å². The first-order chi connectivity index (χ1) is 12.6. The number of carbonyl (C=O) groups excluding carboxylic acids is 2. The number of hydrogen-bond acceptors (Lipinski definition) is 6. The van der Waals surface area contributed by atoms with Gasteiger partial charge in [0.05, 0.1) is 12.4 Å². The molecule has 2 atom stereocenters. The summed E-state index contributed by atoms with van der Waals surface area (Å²) in [5.74, 6) is 1.35. The monoisotopic (exact) mass is 359 g/mol. The van der Waals surface area contributed by atoms with Crippen LogP contribution in [0.2, 0.25) is 0 Å². The van der Waals surface area contributed by atoms with Gasteiger partial charge in [0.1, 0.15) is 11.5 Å². The highest BCUT2D eigenvalue weighted by Crippen LogP contribution is 2.42. The van der Waals surface area contributed by atoms with Gasteiger partial charge in [0.25, 0.3) is 5.91 Å². The fourth-order valence-electron chi connectivity index (χ4n) is 4.11. The summed E-state index contributed by atoms with van der Waals surface area (Å²) >= 11 is 0. The van der Waals surface area contributed by atoms with Crippen molar-refractivity contribution < 1.29 is 14.3 Å². The third-order valence-corrected chi connectivity index (χ3v) is 5.70. The van der Waals surface area contributed by atoms with E-state index in [1.807, 2.05) is 4.90 Å². The van der Waals surface area contributed by atoms with E-state index in [9.17, 15) is 9.59 Å². The van der Waals surface area contributed by atoms with Gasteiger partial charge in [-0.1, -0.05) is 0 Å². The van der Waals surface area contributed by atoms with Crippen molar-refractivity contribution in [2.75, 3.05) is 31.6 Å². The van der Waals surface area contributed by atoms with Gasteiger partial charge in [0.15, 0.2) is 0 Å². The third-order valence-electron chi connectivity index (χ3n) is 5.70. The Bertz CT molecular complexity index is 687. The highest BCUT2D eigenvalue weighted by atomic mass is 16.5. The summed E-state index contributed by atoms with van der Waals surface area (Å²) < 4.78 is 5.38. The smallest absolute Gasteiger partial charge is 0.268 e. The second-order valence-corrected chi connectivity index (χ2v) is 7.54. The van der Waals surface area contributed by atoms with Crippen molar-refractivity contribution in [3.63, 3.8) is 0 Å². The highest BCUT2D eigenvalue weighted by Gasteiger charge is 2.45. The zero-order valence-electron chi connectivity index (χ0n) is 14.8. The van der Waals surface area contributed by atoms with E-state index >= 15 is 0 Å². The van der Waals surface area contributed by atoms with Gasteiger partial charge < -0.3 is 20.7 Å². The van der Waals surface area contributed by atoms with Crippen LogP contribution in [0.3, 0.4) is 0 Å². The minimum Gasteiger partial charge on any atom is -0.381 e. The number of aromatic nitrogens is 2. The van der Waals surface area contributed by atoms with Gasteiger partial charge in [-0.2, -0.15) is 0 Å². The minimum absolute atomic E-state index is 0.0836. The predicted molar refractivity (Wildman–Crippen MR) is 94.3 cm³/mol. The molecule has 0 spiro atoms. The van der Waals surface area contributed by atoms with E-state index in [0.29, 0.717) is 37.4 Å². The van der Waals surface area contributed by atoms with Crippen LogP contribution in [0.5, 0.6) is 0 Å². The first kappa shape index (κ1) is 17.2. The number of amides is 2. The third kappa shape index (κ3) is 3.65. The molecule has 4 rings (SSSR count). The molecule has 3 aliphatic rings. The van der Waals surface area contributed by atoms with Crippen LogP contribution in [-0.2, 0) is 9.53 Å². The largest absolute Gasteiger partial charge is 0.381 e. The Morgan fingerprint density at radius 3 is 2.62 bits per heavy atom. The molecule has 2 amide bonds. The Kier molecular flexibility index (Phi) is 4.76. The molecule has 3 N–H and O–H groups in total. The van der Waals surface area contributed by atoms with Crippen molar-refractivity contribution >= 4 is 17.6 Å². The van der Waals surface area contributed by atoms with Crippen molar-refractivity contribution in [3.05, 3.63) is 18.1 Å². The van der Waals surface area contributed by atoms with Gasteiger partial charge in [-0.25, -0.2) is 4.98 Å². The number of primary amides is 1. The second kappa shape index (κ2) is 7.19. The standard InChI is InChI=1S/C18H25N5O3/c19-17(24)14-7-20-8-16(21-14)22-15-10-23(9-13(15)11-1-2-11)18(25)12-3-5-26-6-4-12/h7-8,11-13,15H,1-6,9-10H2,(H2,19,24)(H,21,22)/t13-,15+/m1/s1. The summed E-state index contributed by atoms with van der Waals surface area (Å²) in [4.78, 5) is 34.5. The Hall–Kier alpha value is -2.22. The summed E-state index contributed by atoms with van der Waals surface area (Å²) in [6.07, 6.45) is 7.02. The van der Waals surface area contributed by atoms with Crippen molar-refractivity contribution in [1.82, 2.24) is 14.9 Å². The molecule has 140 valence electrons. The molecule has 26 heavy (non-hydrogen) atoms. The molecule has 1 aliphatic carbocycles. The van der Waals surface area contributed by atoms with Crippen molar-refractivity contribution in [2.24, 2.45) is 23.5 Å². The quantitative estimate of drug-likeness (QED) is 0.799. The van der Waals surface area contributed by atoms with E-state index in [-0.39, 0.29) is 23.6 Å². The molecule has 2 aliphatic heterocycles. The Morgan fingerprint density at radius 2 is 1.92 bits per heavy atom. The van der Waals surface area contributed by atoms with E-state index in [4.69, 9.17) is 10.5 Å². The zero-order chi connectivity index (χ0) is 18.1. The summed E-state index contributed by atoms with van der Waals surface area (Å²) in [6, 6.07) is 0.128. The Labute approximate surface area is 152 Å². The van der Waals surface area contributed by atoms with E-state index in [1.165, 1.54) is 19.0 Å². The van der Waals surface area contributed by atoms with Gasteiger partial charge in [-0.15, -0.1) is 0 Å². The summed E-state index contributed by atoms with van der Waals surface area (Å²) in [6.45, 7) is 2.81. The van der Waals surface area contributed by atoms with Crippen LogP contribution in [0.1, 0.15) is 36.2 Å². The molecule has 3 heterocycles. The molecular weight excluding hydrogens is 334 g/mol. The van der Waals surface area contributed by atoms with Crippen molar-refractivity contribution in [1.29, 1.82) is 0 Å². The number of nitrogens with zero attached hydrogens (tertiary/aromatic N) is 3. The zero-order valence-corrected chi connectivity index (χ0v) is 14.8. The van der Waals surface area contributed by atoms with Crippen LogP contribution in [-0.4, -0.2) is 59.0 Å². The van der Waals surface area contributed by atoms with Crippen LogP contribution in [0.4, 0.5) is 5.82 Å². The summed E-state index contributed by atoms with van der Waals surface area (Å²) in [7, 11) is 0. The van der Waals surface area contributed by atoms with E-state index in [2.05, 4.69) is 15.3 Å². The number of rotatable bonds is 5. The molecule has 1 saturated carbocycles. The van der Waals surface area contributed by atoms with Gasteiger partial charge in [-0.3, -0.25) is 14.6 Å². The molecule has 1 aromatic heterocycles. The van der Waals surface area contributed by atoms with Gasteiger partial charge in [0.2, 0.25) is 5.91 Å². The average molecular weight is 359 g/mol. The van der Waals surface area contributed by atoms with Crippen LogP contribution < -0.4 is 11.1 Å². The fourth-order valence-corrected chi connectivity index (χ4v) is 4.11. The van der Waals surface area contributed by atoms with Crippen LogP contribution in [0.25, 0.3) is 0 Å². The van der Waals surface area contributed by atoms with E-state index < -0.39 is 5.91 Å². The molecule has 0 aromatic carbocycles. The lowest BCUT2D eigenvalue weighted by Crippen LogP contribution is -2.38. The van der Waals surface area contributed by atoms with E-state index in [0.717, 1.165) is 19.4 Å². The number of nitrogens with one attached hydrogen (secondary N) is 1. The molecule has 0 unspecified atom stereocenters. The number of ether oxygens (including phenoxy) is 1. The minimum atomic E-state index is -0.595. The number of hydrogen-bond donors (Lipinski definition) is 2. The highest BCUT2D eigenvalue weighted by molar-refractivity contribution is 5.90. The van der Waals surface area contributed by atoms with Crippen molar-refractivity contribution in [2.45, 2.75) is 31.7 Å². The van der Waals surface area contributed by atoms with Gasteiger partial charge in [0, 0.05) is 44.2 Å². The molecular formula is C18H25N5O3. The second-order valence-electron chi connectivity index (χ2n) is 7.54. The topological polar surface area (TPSA) is 110 Å². The lowest BCUT2D eigenvalue weighted by molar-refractivity contribution is -0.137. The SMILES string of the molecule is NC(=O)c1cncc(N[C@H]2CN(C(=O)C3CCOCC3)C[C@@H]2C2CC2)n1. The lowest BCUT2D eigenvalue weighted by Gasteiger charge is -2.26. The van der Waals surface area contributed by atoms with E-state index in [1.54, 1.807) is 6.20 Å². The molecule has 8 heteroatoms. The maximum absolute atomic E-state index is 12.9. The number of carbonyl (C=O) groups is 2. The molecule has 3 fully saturated rings. The summed E-state index contributed by atoms with van der Waals surface area (Å²) in [5.41, 5.74) is 5.43. The Morgan fingerprint density at radius 1 is 1.15 bits per heavy atom. The number of anilines is 1. The number of nitrogens with two attached hydrogens (primary N) is 1. The van der Waals surface area contributed by atoms with Crippen molar-refractivity contribution in [3.8, 4) is 0 Å². The molecule has 1 aromatic rings.